The molecule has 1 saturated carbocycles. The minimum Gasteiger partial charge on any atom is -0.364 e. The summed E-state index contributed by atoms with van der Waals surface area (Å²) in [6.45, 7) is 1.73. The molecular formula is C19H21N3O2. The van der Waals surface area contributed by atoms with E-state index in [1.54, 1.807) is 0 Å². The van der Waals surface area contributed by atoms with Crippen LogP contribution < -0.4 is 5.32 Å². The molecule has 124 valence electrons. The number of H-pyrrole nitrogens is 1. The normalized spacial score (nSPS) is 16.8. The largest absolute Gasteiger partial charge is 0.364 e. The molecule has 0 bridgehead atoms. The maximum absolute atomic E-state index is 12.5. The van der Waals surface area contributed by atoms with Crippen LogP contribution in [-0.2, 0) is 6.42 Å². The Morgan fingerprint density at radius 3 is 2.92 bits per heavy atom. The molecule has 5 heteroatoms. The van der Waals surface area contributed by atoms with Crippen molar-refractivity contribution in [3.05, 3.63) is 58.9 Å². The highest BCUT2D eigenvalue weighted by atomic mass is 16.2. The number of amides is 2. The van der Waals surface area contributed by atoms with Crippen LogP contribution in [0.25, 0.3) is 0 Å². The SMILES string of the molecule is O=C(NCCN1CCc2ccccc2C1=O)c1cc[nH]c1C1CC1. The Bertz CT molecular complexity index is 776. The second-order valence-corrected chi connectivity index (χ2v) is 6.53. The number of carbonyl (C=O) groups excluding carboxylic acids is 2. The number of carbonyl (C=O) groups is 2. The highest BCUT2D eigenvalue weighted by Crippen LogP contribution is 2.40. The summed E-state index contributed by atoms with van der Waals surface area (Å²) < 4.78 is 0. The van der Waals surface area contributed by atoms with Gasteiger partial charge in [0.05, 0.1) is 5.56 Å². The first-order valence-corrected chi connectivity index (χ1v) is 8.56. The van der Waals surface area contributed by atoms with Crippen LogP contribution in [-0.4, -0.2) is 41.3 Å². The fourth-order valence-electron chi connectivity index (χ4n) is 3.38. The monoisotopic (exact) mass is 323 g/mol. The zero-order valence-corrected chi connectivity index (χ0v) is 13.5. The van der Waals surface area contributed by atoms with Crippen LogP contribution in [0.4, 0.5) is 0 Å². The van der Waals surface area contributed by atoms with Crippen molar-refractivity contribution < 1.29 is 9.59 Å². The van der Waals surface area contributed by atoms with E-state index in [0.717, 1.165) is 41.6 Å². The third-order valence-corrected chi connectivity index (χ3v) is 4.86. The predicted molar refractivity (Wildman–Crippen MR) is 91.2 cm³/mol. The Kier molecular flexibility index (Phi) is 3.84. The molecule has 2 amide bonds. The van der Waals surface area contributed by atoms with Crippen molar-refractivity contribution in [2.24, 2.45) is 0 Å². The first-order chi connectivity index (χ1) is 11.7. The Morgan fingerprint density at radius 2 is 2.08 bits per heavy atom. The fraction of sp³-hybridized carbons (Fsp3) is 0.368. The maximum atomic E-state index is 12.5. The molecule has 1 aliphatic carbocycles. The molecule has 4 rings (SSSR count). The van der Waals surface area contributed by atoms with Gasteiger partial charge in [-0.1, -0.05) is 18.2 Å². The zero-order chi connectivity index (χ0) is 16.5. The second kappa shape index (κ2) is 6.15. The van der Waals surface area contributed by atoms with Gasteiger partial charge in [-0.05, 0) is 42.9 Å². The third-order valence-electron chi connectivity index (χ3n) is 4.86. The summed E-state index contributed by atoms with van der Waals surface area (Å²) in [6, 6.07) is 9.59. The van der Waals surface area contributed by atoms with Gasteiger partial charge in [-0.3, -0.25) is 9.59 Å². The van der Waals surface area contributed by atoms with Gasteiger partial charge in [0, 0.05) is 37.1 Å². The molecule has 2 heterocycles. The summed E-state index contributed by atoms with van der Waals surface area (Å²) in [7, 11) is 0. The first-order valence-electron chi connectivity index (χ1n) is 8.56. The molecule has 5 nitrogen and oxygen atoms in total. The Balaban J connectivity index is 1.34. The van der Waals surface area contributed by atoms with Gasteiger partial charge in [-0.25, -0.2) is 0 Å². The fourth-order valence-corrected chi connectivity index (χ4v) is 3.38. The Labute approximate surface area is 141 Å². The van der Waals surface area contributed by atoms with E-state index < -0.39 is 0 Å². The number of hydrogen-bond donors (Lipinski definition) is 2. The molecule has 0 atom stereocenters. The molecule has 1 aliphatic heterocycles. The number of nitrogens with one attached hydrogen (secondary N) is 2. The Hall–Kier alpha value is -2.56. The number of hydrogen-bond acceptors (Lipinski definition) is 2. The summed E-state index contributed by atoms with van der Waals surface area (Å²) in [5.74, 6) is 0.523. The summed E-state index contributed by atoms with van der Waals surface area (Å²) in [6.07, 6.45) is 5.01. The molecule has 0 saturated heterocycles. The number of rotatable bonds is 5. The van der Waals surface area contributed by atoms with Gasteiger partial charge in [0.25, 0.3) is 11.8 Å². The van der Waals surface area contributed by atoms with Crippen molar-refractivity contribution in [2.75, 3.05) is 19.6 Å². The quantitative estimate of drug-likeness (QED) is 0.887. The van der Waals surface area contributed by atoms with Crippen molar-refractivity contribution in [2.45, 2.75) is 25.2 Å². The molecule has 2 aromatic rings. The van der Waals surface area contributed by atoms with Crippen LogP contribution in [0.15, 0.2) is 36.5 Å². The van der Waals surface area contributed by atoms with Gasteiger partial charge in [-0.2, -0.15) is 0 Å². The molecule has 0 unspecified atom stereocenters. The molecule has 1 fully saturated rings. The third kappa shape index (κ3) is 2.82. The molecule has 2 aliphatic rings. The van der Waals surface area contributed by atoms with Crippen LogP contribution in [0.1, 0.15) is 50.7 Å². The maximum Gasteiger partial charge on any atom is 0.254 e. The van der Waals surface area contributed by atoms with E-state index in [2.05, 4.69) is 10.3 Å². The molecule has 0 radical (unpaired) electrons. The first kappa shape index (κ1) is 15.0. The summed E-state index contributed by atoms with van der Waals surface area (Å²) in [4.78, 5) is 29.8. The summed E-state index contributed by atoms with van der Waals surface area (Å²) >= 11 is 0. The van der Waals surface area contributed by atoms with Gasteiger partial charge in [0.15, 0.2) is 0 Å². The van der Waals surface area contributed by atoms with E-state index in [4.69, 9.17) is 0 Å². The van der Waals surface area contributed by atoms with Crippen molar-refractivity contribution in [3.63, 3.8) is 0 Å². The minimum absolute atomic E-state index is 0.0528. The van der Waals surface area contributed by atoms with Gasteiger partial charge >= 0.3 is 0 Å². The number of benzene rings is 1. The number of aromatic nitrogens is 1. The number of aromatic amines is 1. The molecule has 1 aromatic carbocycles. The summed E-state index contributed by atoms with van der Waals surface area (Å²) in [5.41, 5.74) is 3.70. The molecule has 24 heavy (non-hydrogen) atoms. The lowest BCUT2D eigenvalue weighted by Gasteiger charge is -2.28. The van der Waals surface area contributed by atoms with E-state index in [-0.39, 0.29) is 11.8 Å². The van der Waals surface area contributed by atoms with Crippen LogP contribution in [0.2, 0.25) is 0 Å². The van der Waals surface area contributed by atoms with Crippen molar-refractivity contribution in [1.29, 1.82) is 0 Å². The van der Waals surface area contributed by atoms with Crippen LogP contribution in [0.5, 0.6) is 0 Å². The standard InChI is InChI=1S/C19H21N3O2/c23-18(16-7-9-20-17(16)14-5-6-14)21-10-12-22-11-8-13-3-1-2-4-15(13)19(22)24/h1-4,7,9,14,20H,5-6,8,10-12H2,(H,21,23). The van der Waals surface area contributed by atoms with Gasteiger partial charge in [0.2, 0.25) is 0 Å². The molecular weight excluding hydrogens is 302 g/mol. The molecule has 0 spiro atoms. The van der Waals surface area contributed by atoms with Gasteiger partial charge in [-0.15, -0.1) is 0 Å². The van der Waals surface area contributed by atoms with Crippen LogP contribution in [0, 0.1) is 0 Å². The van der Waals surface area contributed by atoms with E-state index in [0.29, 0.717) is 25.6 Å². The predicted octanol–water partition coefficient (Wildman–Crippen LogP) is 2.32. The lowest BCUT2D eigenvalue weighted by Crippen LogP contribution is -2.42. The molecule has 1 aromatic heterocycles. The lowest BCUT2D eigenvalue weighted by molar-refractivity contribution is 0.0733. The van der Waals surface area contributed by atoms with Crippen molar-refractivity contribution >= 4 is 11.8 Å². The molecule has 2 N–H and O–H groups in total. The van der Waals surface area contributed by atoms with Crippen molar-refractivity contribution in [1.82, 2.24) is 15.2 Å². The highest BCUT2D eigenvalue weighted by Gasteiger charge is 2.29. The topological polar surface area (TPSA) is 65.2 Å². The van der Waals surface area contributed by atoms with Gasteiger partial charge < -0.3 is 15.2 Å². The van der Waals surface area contributed by atoms with E-state index >= 15 is 0 Å². The second-order valence-electron chi connectivity index (χ2n) is 6.53. The average Bonchev–Trinajstić information content (AvgIpc) is 3.33. The summed E-state index contributed by atoms with van der Waals surface area (Å²) in [5, 5.41) is 2.95. The van der Waals surface area contributed by atoms with E-state index in [9.17, 15) is 9.59 Å². The lowest BCUT2D eigenvalue weighted by atomic mass is 9.99. The van der Waals surface area contributed by atoms with E-state index in [1.807, 2.05) is 41.4 Å². The van der Waals surface area contributed by atoms with Crippen molar-refractivity contribution in [3.8, 4) is 0 Å². The smallest absolute Gasteiger partial charge is 0.254 e. The highest BCUT2D eigenvalue weighted by molar-refractivity contribution is 5.97. The van der Waals surface area contributed by atoms with Gasteiger partial charge in [0.1, 0.15) is 0 Å². The minimum atomic E-state index is -0.0528. The number of nitrogens with zero attached hydrogens (tertiary/aromatic N) is 1. The Morgan fingerprint density at radius 1 is 1.25 bits per heavy atom. The average molecular weight is 323 g/mol. The zero-order valence-electron chi connectivity index (χ0n) is 13.5. The van der Waals surface area contributed by atoms with E-state index in [1.165, 1.54) is 0 Å². The van der Waals surface area contributed by atoms with Crippen LogP contribution >= 0.6 is 0 Å². The van der Waals surface area contributed by atoms with Crippen LogP contribution in [0.3, 0.4) is 0 Å². The number of fused-ring (bicyclic) bond motifs is 1.